The molecule has 34 heavy (non-hydrogen) atoms. The molecule has 0 aliphatic carbocycles. The molecular weight excluding hydrogens is 444 g/mol. The van der Waals surface area contributed by atoms with Crippen molar-refractivity contribution in [1.82, 2.24) is 24.5 Å². The van der Waals surface area contributed by atoms with Gasteiger partial charge in [-0.05, 0) is 54.7 Å². The molecule has 1 aliphatic heterocycles. The van der Waals surface area contributed by atoms with Gasteiger partial charge < -0.3 is 14.2 Å². The third kappa shape index (κ3) is 4.59. The van der Waals surface area contributed by atoms with Crippen LogP contribution in [0, 0.1) is 5.92 Å². The summed E-state index contributed by atoms with van der Waals surface area (Å²) in [6.45, 7) is 4.66. The van der Waals surface area contributed by atoms with Crippen molar-refractivity contribution in [3.8, 4) is 17.0 Å². The number of hydrogen-bond donors (Lipinski definition) is 0. The van der Waals surface area contributed by atoms with Crippen LogP contribution in [0.3, 0.4) is 0 Å². The van der Waals surface area contributed by atoms with Crippen molar-refractivity contribution in [1.29, 1.82) is 0 Å². The minimum atomic E-state index is 0.481. The van der Waals surface area contributed by atoms with Crippen LogP contribution in [-0.4, -0.2) is 50.5 Å². The van der Waals surface area contributed by atoms with Gasteiger partial charge >= 0.3 is 0 Å². The van der Waals surface area contributed by atoms with Gasteiger partial charge in [-0.15, -0.1) is 11.8 Å². The number of benzene rings is 1. The molecule has 1 aromatic carbocycles. The smallest absolute Gasteiger partial charge is 0.241 e. The first-order chi connectivity index (χ1) is 16.7. The highest BCUT2D eigenvalue weighted by atomic mass is 32.2. The molecule has 8 heteroatoms. The van der Waals surface area contributed by atoms with Crippen molar-refractivity contribution in [2.75, 3.05) is 30.9 Å². The van der Waals surface area contributed by atoms with E-state index in [1.165, 1.54) is 10.5 Å². The van der Waals surface area contributed by atoms with Gasteiger partial charge in [0.15, 0.2) is 0 Å². The molecule has 0 unspecified atom stereocenters. The lowest BCUT2D eigenvalue weighted by Crippen LogP contribution is -2.36. The number of hydrogen-bond acceptors (Lipinski definition) is 7. The fraction of sp³-hybridized carbons (Fsp3) is 0.385. The summed E-state index contributed by atoms with van der Waals surface area (Å²) in [5.41, 5.74) is 5.28. The Morgan fingerprint density at radius 1 is 1.03 bits per heavy atom. The molecule has 3 aromatic heterocycles. The number of anilines is 1. The van der Waals surface area contributed by atoms with Gasteiger partial charge in [0.2, 0.25) is 11.8 Å². The van der Waals surface area contributed by atoms with Gasteiger partial charge in [0.05, 0.1) is 6.61 Å². The average molecular weight is 475 g/mol. The molecule has 176 valence electrons. The Labute approximate surface area is 204 Å². The number of aromatic nitrogens is 5. The molecular formula is C26H30N6OS. The third-order valence-corrected chi connectivity index (χ3v) is 7.32. The Kier molecular flexibility index (Phi) is 6.67. The van der Waals surface area contributed by atoms with E-state index in [1.807, 2.05) is 19.4 Å². The Hall–Kier alpha value is -3.13. The van der Waals surface area contributed by atoms with Gasteiger partial charge in [0.1, 0.15) is 17.4 Å². The van der Waals surface area contributed by atoms with Crippen LogP contribution < -0.4 is 9.64 Å². The lowest BCUT2D eigenvalue weighted by molar-refractivity contribution is 0.217. The van der Waals surface area contributed by atoms with Crippen LogP contribution in [-0.2, 0) is 13.5 Å². The van der Waals surface area contributed by atoms with Crippen LogP contribution in [0.15, 0.2) is 54.1 Å². The topological polar surface area (TPSA) is 69.0 Å². The van der Waals surface area contributed by atoms with E-state index in [0.717, 1.165) is 60.5 Å². The number of aryl methyl sites for hydroxylation is 2. The maximum absolute atomic E-state index is 6.27. The zero-order chi connectivity index (χ0) is 23.5. The summed E-state index contributed by atoms with van der Waals surface area (Å²) < 4.78 is 8.34. The highest BCUT2D eigenvalue weighted by Crippen LogP contribution is 2.33. The predicted molar refractivity (Wildman–Crippen MR) is 138 cm³/mol. The van der Waals surface area contributed by atoms with Gasteiger partial charge in [-0.25, -0.2) is 15.0 Å². The summed E-state index contributed by atoms with van der Waals surface area (Å²) in [5.74, 6) is 1.96. The van der Waals surface area contributed by atoms with Crippen LogP contribution in [0.25, 0.3) is 22.2 Å². The Bertz CT molecular complexity index is 1250. The molecule has 7 nitrogen and oxygen atoms in total. The molecule has 0 saturated carbocycles. The molecule has 0 atom stereocenters. The SMILES string of the molecule is CCc1cnc(N2CCC(COc3ncnc4c(-c5ccc(SC)cc5)cn(C)c34)CC2)nc1. The lowest BCUT2D eigenvalue weighted by Gasteiger charge is -2.31. The molecule has 1 fully saturated rings. The highest BCUT2D eigenvalue weighted by molar-refractivity contribution is 7.98. The maximum Gasteiger partial charge on any atom is 0.241 e. The summed E-state index contributed by atoms with van der Waals surface area (Å²) in [7, 11) is 2.03. The molecule has 1 saturated heterocycles. The first kappa shape index (κ1) is 22.7. The van der Waals surface area contributed by atoms with E-state index in [4.69, 9.17) is 4.74 Å². The largest absolute Gasteiger partial charge is 0.476 e. The summed E-state index contributed by atoms with van der Waals surface area (Å²) in [6, 6.07) is 8.59. The predicted octanol–water partition coefficient (Wildman–Crippen LogP) is 5.01. The van der Waals surface area contributed by atoms with Crippen LogP contribution >= 0.6 is 11.8 Å². The van der Waals surface area contributed by atoms with Crippen molar-refractivity contribution in [3.05, 3.63) is 54.7 Å². The standard InChI is InChI=1S/C26H30N6OS/c1-4-18-13-27-26(28-14-18)32-11-9-19(10-12-32)16-33-25-24-23(29-17-30-25)22(15-31(24)2)20-5-7-21(34-3)8-6-20/h5-8,13-15,17,19H,4,9-12,16H2,1-3H3. The number of piperidine rings is 1. The van der Waals surface area contributed by atoms with Crippen molar-refractivity contribution >= 4 is 28.7 Å². The van der Waals surface area contributed by atoms with E-state index in [1.54, 1.807) is 18.1 Å². The molecule has 4 aromatic rings. The number of thioether (sulfide) groups is 1. The number of fused-ring (bicyclic) bond motifs is 1. The quantitative estimate of drug-likeness (QED) is 0.349. The maximum atomic E-state index is 6.27. The number of nitrogens with zero attached hydrogens (tertiary/aromatic N) is 6. The van der Waals surface area contributed by atoms with Gasteiger partial charge in [-0.2, -0.15) is 4.98 Å². The van der Waals surface area contributed by atoms with Gasteiger partial charge in [-0.1, -0.05) is 19.1 Å². The van der Waals surface area contributed by atoms with E-state index in [2.05, 4.69) is 73.0 Å². The summed E-state index contributed by atoms with van der Waals surface area (Å²) in [4.78, 5) is 21.7. The molecule has 0 N–H and O–H groups in total. The lowest BCUT2D eigenvalue weighted by atomic mass is 9.98. The Balaban J connectivity index is 1.26. The van der Waals surface area contributed by atoms with E-state index >= 15 is 0 Å². The van der Waals surface area contributed by atoms with E-state index in [-0.39, 0.29) is 0 Å². The zero-order valence-electron chi connectivity index (χ0n) is 19.9. The summed E-state index contributed by atoms with van der Waals surface area (Å²) in [5, 5.41) is 0. The molecule has 0 spiro atoms. The van der Waals surface area contributed by atoms with Crippen LogP contribution in [0.1, 0.15) is 25.3 Å². The van der Waals surface area contributed by atoms with E-state index < -0.39 is 0 Å². The van der Waals surface area contributed by atoms with Crippen LogP contribution in [0.2, 0.25) is 0 Å². The minimum Gasteiger partial charge on any atom is -0.476 e. The van der Waals surface area contributed by atoms with Crippen LogP contribution in [0.5, 0.6) is 5.88 Å². The second-order valence-corrected chi connectivity index (χ2v) is 9.62. The molecule has 1 aliphatic rings. The molecule has 4 heterocycles. The second kappa shape index (κ2) is 10.0. The third-order valence-electron chi connectivity index (χ3n) is 6.57. The monoisotopic (exact) mass is 474 g/mol. The molecule has 5 rings (SSSR count). The van der Waals surface area contributed by atoms with Gasteiger partial charge in [-0.3, -0.25) is 0 Å². The van der Waals surface area contributed by atoms with Crippen molar-refractivity contribution < 1.29 is 4.74 Å². The zero-order valence-corrected chi connectivity index (χ0v) is 20.8. The van der Waals surface area contributed by atoms with E-state index in [0.29, 0.717) is 18.4 Å². The first-order valence-electron chi connectivity index (χ1n) is 11.8. The summed E-state index contributed by atoms with van der Waals surface area (Å²) >= 11 is 1.74. The fourth-order valence-corrected chi connectivity index (χ4v) is 4.88. The first-order valence-corrected chi connectivity index (χ1v) is 13.0. The van der Waals surface area contributed by atoms with Crippen molar-refractivity contribution in [2.24, 2.45) is 13.0 Å². The van der Waals surface area contributed by atoms with Crippen LogP contribution in [0.4, 0.5) is 5.95 Å². The number of ether oxygens (including phenoxy) is 1. The van der Waals surface area contributed by atoms with E-state index in [9.17, 15) is 0 Å². The minimum absolute atomic E-state index is 0.481. The van der Waals surface area contributed by atoms with Crippen molar-refractivity contribution in [2.45, 2.75) is 31.1 Å². The number of rotatable bonds is 7. The Morgan fingerprint density at radius 2 is 1.76 bits per heavy atom. The fourth-order valence-electron chi connectivity index (χ4n) is 4.47. The Morgan fingerprint density at radius 3 is 2.44 bits per heavy atom. The highest BCUT2D eigenvalue weighted by Gasteiger charge is 2.23. The van der Waals surface area contributed by atoms with Gasteiger partial charge in [0.25, 0.3) is 0 Å². The average Bonchev–Trinajstić information content (AvgIpc) is 3.25. The second-order valence-electron chi connectivity index (χ2n) is 8.74. The van der Waals surface area contributed by atoms with Gasteiger partial charge in [0, 0.05) is 49.2 Å². The normalized spacial score (nSPS) is 14.6. The molecule has 0 amide bonds. The molecule has 0 radical (unpaired) electrons. The van der Waals surface area contributed by atoms with Crippen molar-refractivity contribution in [3.63, 3.8) is 0 Å². The summed E-state index contributed by atoms with van der Waals surface area (Å²) in [6.07, 6.45) is 12.7. The molecule has 0 bridgehead atoms.